The summed E-state index contributed by atoms with van der Waals surface area (Å²) in [4.78, 5) is 0. The molecule has 2 unspecified atom stereocenters. The van der Waals surface area contributed by atoms with E-state index in [2.05, 4.69) is 18.3 Å². The van der Waals surface area contributed by atoms with Gasteiger partial charge in [0, 0.05) is 12.1 Å². The Hall–Kier alpha value is -0.550. The first-order valence-corrected chi connectivity index (χ1v) is 7.97. The van der Waals surface area contributed by atoms with E-state index in [9.17, 15) is 5.26 Å². The number of hydrogen-bond acceptors (Lipinski definition) is 2. The lowest BCUT2D eigenvalue weighted by Crippen LogP contribution is -2.45. The Bertz CT molecular complexity index is 273. The van der Waals surface area contributed by atoms with Gasteiger partial charge in [-0.3, -0.25) is 0 Å². The lowest BCUT2D eigenvalue weighted by molar-refractivity contribution is 0.244. The Balaban J connectivity index is 1.84. The molecule has 1 N–H and O–H groups in total. The van der Waals surface area contributed by atoms with Gasteiger partial charge in [0.2, 0.25) is 0 Å². The standard InChI is InChI=1S/C16H28N2/c1-13(14-8-4-2-3-5-9-14)18-16-11-7-6-10-15(16)12-17/h13-16,18H,2-11H2,1H3/t13-,15?,16?/m0/s1. The van der Waals surface area contributed by atoms with Crippen molar-refractivity contribution in [2.24, 2.45) is 11.8 Å². The quantitative estimate of drug-likeness (QED) is 0.766. The average molecular weight is 248 g/mol. The molecule has 2 rings (SSSR count). The number of rotatable bonds is 3. The van der Waals surface area contributed by atoms with E-state index in [1.807, 2.05) is 0 Å². The molecule has 0 aliphatic heterocycles. The van der Waals surface area contributed by atoms with Crippen molar-refractivity contribution in [3.8, 4) is 6.07 Å². The first kappa shape index (κ1) is 13.9. The molecule has 0 radical (unpaired) electrons. The molecule has 0 aromatic carbocycles. The predicted molar refractivity (Wildman–Crippen MR) is 75.1 cm³/mol. The zero-order chi connectivity index (χ0) is 12.8. The van der Waals surface area contributed by atoms with Crippen LogP contribution >= 0.6 is 0 Å². The van der Waals surface area contributed by atoms with E-state index >= 15 is 0 Å². The van der Waals surface area contributed by atoms with Gasteiger partial charge in [-0.25, -0.2) is 0 Å². The van der Waals surface area contributed by atoms with Gasteiger partial charge < -0.3 is 5.32 Å². The normalized spacial score (nSPS) is 32.4. The van der Waals surface area contributed by atoms with E-state index < -0.39 is 0 Å². The Morgan fingerprint density at radius 1 is 0.944 bits per heavy atom. The van der Waals surface area contributed by atoms with E-state index in [1.165, 1.54) is 57.8 Å². The zero-order valence-electron chi connectivity index (χ0n) is 11.8. The van der Waals surface area contributed by atoms with Crippen LogP contribution in [-0.2, 0) is 0 Å². The third kappa shape index (κ3) is 3.72. The third-order valence-corrected chi connectivity index (χ3v) is 5.02. The number of nitriles is 1. The maximum absolute atomic E-state index is 9.24. The van der Waals surface area contributed by atoms with Crippen LogP contribution in [0.15, 0.2) is 0 Å². The predicted octanol–water partition coefficient (Wildman–Crippen LogP) is 4.02. The Morgan fingerprint density at radius 2 is 1.56 bits per heavy atom. The maximum Gasteiger partial charge on any atom is 0.0672 e. The largest absolute Gasteiger partial charge is 0.310 e. The highest BCUT2D eigenvalue weighted by molar-refractivity contribution is 4.96. The molecule has 0 spiro atoms. The molecule has 2 saturated carbocycles. The highest BCUT2D eigenvalue weighted by Gasteiger charge is 2.28. The molecule has 2 fully saturated rings. The van der Waals surface area contributed by atoms with E-state index in [4.69, 9.17) is 0 Å². The number of nitrogens with one attached hydrogen (secondary N) is 1. The SMILES string of the molecule is C[C@H](NC1CCCCC1C#N)C1CCCCCC1. The summed E-state index contributed by atoms with van der Waals surface area (Å²) < 4.78 is 0. The third-order valence-electron chi connectivity index (χ3n) is 5.02. The smallest absolute Gasteiger partial charge is 0.0672 e. The van der Waals surface area contributed by atoms with Crippen LogP contribution in [0.2, 0.25) is 0 Å². The van der Waals surface area contributed by atoms with Crippen LogP contribution in [0.5, 0.6) is 0 Å². The number of nitrogens with zero attached hydrogens (tertiary/aromatic N) is 1. The van der Waals surface area contributed by atoms with Crippen molar-refractivity contribution in [2.75, 3.05) is 0 Å². The molecule has 0 aromatic heterocycles. The molecule has 18 heavy (non-hydrogen) atoms. The van der Waals surface area contributed by atoms with Crippen molar-refractivity contribution in [3.63, 3.8) is 0 Å². The molecular formula is C16H28N2. The molecule has 0 aromatic rings. The molecule has 0 saturated heterocycles. The lowest BCUT2D eigenvalue weighted by Gasteiger charge is -2.33. The van der Waals surface area contributed by atoms with Gasteiger partial charge in [-0.2, -0.15) is 5.26 Å². The molecule has 2 aliphatic carbocycles. The van der Waals surface area contributed by atoms with Crippen molar-refractivity contribution in [1.82, 2.24) is 5.32 Å². The van der Waals surface area contributed by atoms with Gasteiger partial charge in [0.25, 0.3) is 0 Å². The first-order valence-electron chi connectivity index (χ1n) is 7.97. The van der Waals surface area contributed by atoms with Crippen LogP contribution in [0.4, 0.5) is 0 Å². The summed E-state index contributed by atoms with van der Waals surface area (Å²) in [5.74, 6) is 1.10. The van der Waals surface area contributed by atoms with Crippen molar-refractivity contribution in [2.45, 2.75) is 83.2 Å². The van der Waals surface area contributed by atoms with Crippen LogP contribution in [0.3, 0.4) is 0 Å². The summed E-state index contributed by atoms with van der Waals surface area (Å²) in [6.07, 6.45) is 13.3. The second-order valence-corrected chi connectivity index (χ2v) is 6.33. The molecule has 2 aliphatic rings. The molecule has 0 bridgehead atoms. The molecule has 102 valence electrons. The van der Waals surface area contributed by atoms with Crippen molar-refractivity contribution >= 4 is 0 Å². The molecule has 2 nitrogen and oxygen atoms in total. The summed E-state index contributed by atoms with van der Waals surface area (Å²) in [6.45, 7) is 2.35. The average Bonchev–Trinajstić information content (AvgIpc) is 2.68. The van der Waals surface area contributed by atoms with E-state index in [0.717, 1.165) is 12.3 Å². The Kier molecular flexibility index (Phi) is 5.50. The number of hydrogen-bond donors (Lipinski definition) is 1. The minimum Gasteiger partial charge on any atom is -0.310 e. The van der Waals surface area contributed by atoms with Crippen molar-refractivity contribution in [1.29, 1.82) is 5.26 Å². The monoisotopic (exact) mass is 248 g/mol. The first-order chi connectivity index (χ1) is 8.81. The van der Waals surface area contributed by atoms with E-state index in [-0.39, 0.29) is 5.92 Å². The molecule has 2 heteroatoms. The van der Waals surface area contributed by atoms with E-state index in [0.29, 0.717) is 12.1 Å². The van der Waals surface area contributed by atoms with Gasteiger partial charge in [0.1, 0.15) is 0 Å². The fraction of sp³-hybridized carbons (Fsp3) is 0.938. The van der Waals surface area contributed by atoms with Gasteiger partial charge in [0.05, 0.1) is 12.0 Å². The summed E-state index contributed by atoms with van der Waals surface area (Å²) in [5.41, 5.74) is 0. The molecule has 0 heterocycles. The Morgan fingerprint density at radius 3 is 2.22 bits per heavy atom. The molecule has 3 atom stereocenters. The highest BCUT2D eigenvalue weighted by Crippen LogP contribution is 2.28. The fourth-order valence-electron chi connectivity index (χ4n) is 3.77. The fourth-order valence-corrected chi connectivity index (χ4v) is 3.77. The maximum atomic E-state index is 9.24. The van der Waals surface area contributed by atoms with Crippen molar-refractivity contribution in [3.05, 3.63) is 0 Å². The minimum atomic E-state index is 0.256. The minimum absolute atomic E-state index is 0.256. The zero-order valence-corrected chi connectivity index (χ0v) is 11.8. The van der Waals surface area contributed by atoms with Crippen LogP contribution < -0.4 is 5.32 Å². The molecular weight excluding hydrogens is 220 g/mol. The van der Waals surface area contributed by atoms with E-state index in [1.54, 1.807) is 0 Å². The van der Waals surface area contributed by atoms with Gasteiger partial charge in [-0.05, 0) is 38.5 Å². The molecule has 0 amide bonds. The van der Waals surface area contributed by atoms with Gasteiger partial charge >= 0.3 is 0 Å². The Labute approximate surface area is 112 Å². The second-order valence-electron chi connectivity index (χ2n) is 6.33. The summed E-state index contributed by atoms with van der Waals surface area (Å²) in [6, 6.07) is 3.57. The van der Waals surface area contributed by atoms with Gasteiger partial charge in [-0.15, -0.1) is 0 Å². The second kappa shape index (κ2) is 7.14. The lowest BCUT2D eigenvalue weighted by atomic mass is 9.83. The highest BCUT2D eigenvalue weighted by atomic mass is 15.0. The topological polar surface area (TPSA) is 35.8 Å². The summed E-state index contributed by atoms with van der Waals surface area (Å²) in [5, 5.41) is 13.0. The van der Waals surface area contributed by atoms with Crippen LogP contribution in [0.25, 0.3) is 0 Å². The van der Waals surface area contributed by atoms with Crippen LogP contribution in [0, 0.1) is 23.2 Å². The van der Waals surface area contributed by atoms with Gasteiger partial charge in [-0.1, -0.05) is 38.5 Å². The van der Waals surface area contributed by atoms with Crippen LogP contribution in [0.1, 0.15) is 71.1 Å². The van der Waals surface area contributed by atoms with Crippen LogP contribution in [-0.4, -0.2) is 12.1 Å². The summed E-state index contributed by atoms with van der Waals surface area (Å²) in [7, 11) is 0. The summed E-state index contributed by atoms with van der Waals surface area (Å²) >= 11 is 0. The van der Waals surface area contributed by atoms with Crippen molar-refractivity contribution < 1.29 is 0 Å². The van der Waals surface area contributed by atoms with Gasteiger partial charge in [0.15, 0.2) is 0 Å².